The molecule has 0 amide bonds. The summed E-state index contributed by atoms with van der Waals surface area (Å²) in [7, 11) is 0. The highest BCUT2D eigenvalue weighted by Crippen LogP contribution is 2.20. The van der Waals surface area contributed by atoms with Crippen molar-refractivity contribution in [3.05, 3.63) is 260 Å². The van der Waals surface area contributed by atoms with Gasteiger partial charge in [-0.1, -0.05) is 122 Å². The van der Waals surface area contributed by atoms with Crippen molar-refractivity contribution < 1.29 is 43.4 Å². The molecule has 3 rings (SSSR count). The van der Waals surface area contributed by atoms with Gasteiger partial charge >= 0.3 is 17.9 Å². The molecule has 0 aliphatic rings. The number of ether oxygens (including phenoxy) is 3. The summed E-state index contributed by atoms with van der Waals surface area (Å²) in [4.78, 5) is 66.5. The summed E-state index contributed by atoms with van der Waals surface area (Å²) in [6, 6.07) is 16.2. The number of esters is 3. The molecule has 96 heavy (non-hydrogen) atoms. The van der Waals surface area contributed by atoms with E-state index in [2.05, 4.69) is 138 Å². The molecule has 0 aliphatic heterocycles. The Morgan fingerprint density at radius 2 is 0.427 bits per heavy atom. The summed E-state index contributed by atoms with van der Waals surface area (Å²) in [6.45, 7) is 32.7. The first kappa shape index (κ1) is 85.2. The van der Waals surface area contributed by atoms with Gasteiger partial charge in [0.25, 0.3) is 17.1 Å². The topological polar surface area (TPSA) is 208 Å². The predicted octanol–water partition coefficient (Wildman–Crippen LogP) is 23.7. The zero-order valence-electron chi connectivity index (χ0n) is 60.4. The maximum Gasteiger partial charge on any atom is 0.338 e. The van der Waals surface area contributed by atoms with Crippen molar-refractivity contribution in [3.8, 4) is 0 Å². The SMILES string of the molecule is CC(C)=CCCC(C)=CCCC(C)=CCCC(C)=CCOC(=O)c1ccc([N+](=O)[O-])cc1.CC(C)=CCCC(C)=CCCC(C)=CCCC(C)=CCOC(=O)c1ccc([N+](=O)[O-])cc1.CC(C)=CCCC(C)=CCCC(C)=CCCC(C)=CCOC(=O)c1ccc([N+](=O)[O-])cc1. The Hall–Kier alpha value is -8.85. The van der Waals surface area contributed by atoms with Crippen molar-refractivity contribution in [1.29, 1.82) is 0 Å². The Morgan fingerprint density at radius 1 is 0.271 bits per heavy atom. The van der Waals surface area contributed by atoms with Gasteiger partial charge in [-0.3, -0.25) is 30.3 Å². The van der Waals surface area contributed by atoms with E-state index in [1.54, 1.807) is 0 Å². The molecular weight excluding hydrogens is 1210 g/mol. The predicted molar refractivity (Wildman–Crippen MR) is 395 cm³/mol. The molecule has 3 aromatic carbocycles. The van der Waals surface area contributed by atoms with Gasteiger partial charge in [-0.15, -0.1) is 0 Å². The van der Waals surface area contributed by atoms with E-state index in [-0.39, 0.29) is 36.9 Å². The average Bonchev–Trinajstić information content (AvgIpc) is 1.18. The minimum absolute atomic E-state index is 0.0498. The number of benzene rings is 3. The first-order chi connectivity index (χ1) is 45.6. The molecule has 0 radical (unpaired) electrons. The number of carbonyl (C=O) groups excluding carboxylic acids is 3. The van der Waals surface area contributed by atoms with Crippen LogP contribution in [-0.2, 0) is 14.2 Å². The lowest BCUT2D eigenvalue weighted by Crippen LogP contribution is -2.05. The lowest BCUT2D eigenvalue weighted by molar-refractivity contribution is -0.385. The number of allylic oxidation sites excluding steroid dienone is 21. The van der Waals surface area contributed by atoms with Gasteiger partial charge in [0, 0.05) is 36.4 Å². The zero-order chi connectivity index (χ0) is 71.8. The van der Waals surface area contributed by atoms with E-state index in [0.717, 1.165) is 116 Å². The van der Waals surface area contributed by atoms with Crippen LogP contribution in [0, 0.1) is 30.3 Å². The van der Waals surface area contributed by atoms with Gasteiger partial charge in [0.05, 0.1) is 31.5 Å². The largest absolute Gasteiger partial charge is 0.458 e. The van der Waals surface area contributed by atoms with Crippen molar-refractivity contribution in [1.82, 2.24) is 0 Å². The molecule has 0 bridgehead atoms. The molecule has 522 valence electrons. The van der Waals surface area contributed by atoms with Crippen molar-refractivity contribution in [2.75, 3.05) is 19.8 Å². The third-order valence-electron chi connectivity index (χ3n) is 15.3. The molecule has 0 fully saturated rings. The molecule has 0 aliphatic carbocycles. The fraction of sp³-hybridized carbons (Fsp3) is 0.444. The van der Waals surface area contributed by atoms with Crippen molar-refractivity contribution >= 4 is 35.0 Å². The second kappa shape index (κ2) is 50.6. The van der Waals surface area contributed by atoms with E-state index < -0.39 is 32.7 Å². The van der Waals surface area contributed by atoms with Crippen molar-refractivity contribution in [2.45, 2.75) is 219 Å². The number of carbonyl (C=O) groups is 3. The number of rotatable bonds is 39. The second-order valence-electron chi connectivity index (χ2n) is 25.4. The third-order valence-corrected chi connectivity index (χ3v) is 15.3. The maximum atomic E-state index is 12.0. The van der Waals surface area contributed by atoms with Crippen LogP contribution in [0.3, 0.4) is 0 Å². The van der Waals surface area contributed by atoms with Crippen LogP contribution >= 0.6 is 0 Å². The second-order valence-corrected chi connectivity index (χ2v) is 25.4. The van der Waals surface area contributed by atoms with Gasteiger partial charge in [-0.2, -0.15) is 0 Å². The number of hydrogen-bond acceptors (Lipinski definition) is 12. The van der Waals surface area contributed by atoms with Crippen LogP contribution in [0.15, 0.2) is 213 Å². The minimum Gasteiger partial charge on any atom is -0.458 e. The fourth-order valence-electron chi connectivity index (χ4n) is 9.15. The minimum atomic E-state index is -0.498. The summed E-state index contributed by atoms with van der Waals surface area (Å²) in [5.74, 6) is -1.45. The molecule has 15 heteroatoms. The van der Waals surface area contributed by atoms with Gasteiger partial charge < -0.3 is 14.2 Å². The fourth-order valence-corrected chi connectivity index (χ4v) is 9.15. The standard InChI is InChI=1S/3C27H37NO4/c3*1-21(2)9-6-10-22(3)11-7-12-23(4)13-8-14-24(5)19-20-32-27(29)25-15-17-26(18-16-25)28(30)31/h3*9,11,13,15-19H,6-8,10,12,14,20H2,1-5H3. The number of non-ortho nitro benzene ring substituents is 3. The van der Waals surface area contributed by atoms with Crippen LogP contribution in [-0.4, -0.2) is 52.5 Å². The van der Waals surface area contributed by atoms with E-state index in [9.17, 15) is 44.7 Å². The molecule has 0 spiro atoms. The molecular formula is C81H111N3O12. The molecule has 3 aromatic rings. The quantitative estimate of drug-likeness (QED) is 0.0172. The normalized spacial score (nSPS) is 12.5. The molecule has 0 aromatic heterocycles. The zero-order valence-corrected chi connectivity index (χ0v) is 60.4. The van der Waals surface area contributed by atoms with Crippen LogP contribution < -0.4 is 0 Å². The highest BCUT2D eigenvalue weighted by molar-refractivity contribution is 5.90. The van der Waals surface area contributed by atoms with Crippen LogP contribution in [0.5, 0.6) is 0 Å². The van der Waals surface area contributed by atoms with Crippen LogP contribution in [0.2, 0.25) is 0 Å². The van der Waals surface area contributed by atoms with Gasteiger partial charge in [0.2, 0.25) is 0 Å². The monoisotopic (exact) mass is 1320 g/mol. The van der Waals surface area contributed by atoms with Crippen LogP contribution in [0.1, 0.15) is 251 Å². The van der Waals surface area contributed by atoms with E-state index in [1.165, 1.54) is 140 Å². The first-order valence-electron chi connectivity index (χ1n) is 33.6. The van der Waals surface area contributed by atoms with E-state index >= 15 is 0 Å². The molecule has 0 unspecified atom stereocenters. The number of hydrogen-bond donors (Lipinski definition) is 0. The molecule has 0 saturated carbocycles. The third kappa shape index (κ3) is 43.9. The smallest absolute Gasteiger partial charge is 0.338 e. The highest BCUT2D eigenvalue weighted by Gasteiger charge is 2.13. The van der Waals surface area contributed by atoms with Crippen molar-refractivity contribution in [2.24, 2.45) is 0 Å². The van der Waals surface area contributed by atoms with Gasteiger partial charge in [-0.25, -0.2) is 14.4 Å². The Kier molecular flexibility index (Phi) is 44.9. The molecule has 0 N–H and O–H groups in total. The lowest BCUT2D eigenvalue weighted by atomic mass is 10.0. The van der Waals surface area contributed by atoms with Crippen molar-refractivity contribution in [3.63, 3.8) is 0 Å². The molecule has 0 saturated heterocycles. The average molecular weight is 1320 g/mol. The number of nitrogens with zero attached hydrogens (tertiary/aromatic N) is 3. The van der Waals surface area contributed by atoms with E-state index in [1.807, 2.05) is 39.0 Å². The Morgan fingerprint density at radius 3 is 0.583 bits per heavy atom. The molecule has 15 nitrogen and oxygen atoms in total. The highest BCUT2D eigenvalue weighted by atomic mass is 16.6. The van der Waals surface area contributed by atoms with Gasteiger partial charge in [0.15, 0.2) is 0 Å². The van der Waals surface area contributed by atoms with Gasteiger partial charge in [0.1, 0.15) is 19.8 Å². The van der Waals surface area contributed by atoms with Crippen LogP contribution in [0.4, 0.5) is 17.1 Å². The Labute approximate surface area is 574 Å². The summed E-state index contributed by atoms with van der Waals surface area (Å²) in [6.07, 6.45) is 45.4. The number of nitro benzene ring substituents is 3. The molecule has 0 heterocycles. The summed E-state index contributed by atoms with van der Waals surface area (Å²) in [5, 5.41) is 32.0. The Balaban J connectivity index is 0.000000720. The first-order valence-corrected chi connectivity index (χ1v) is 33.6. The van der Waals surface area contributed by atoms with Gasteiger partial charge in [-0.05, 0) is 274 Å². The summed E-state index contributed by atoms with van der Waals surface area (Å²) in [5.41, 5.74) is 17.0. The number of nitro groups is 3. The van der Waals surface area contributed by atoms with E-state index in [4.69, 9.17) is 14.2 Å². The summed E-state index contributed by atoms with van der Waals surface area (Å²) >= 11 is 0. The lowest BCUT2D eigenvalue weighted by Gasteiger charge is -2.04. The maximum absolute atomic E-state index is 12.0. The molecule has 0 atom stereocenters. The Bertz CT molecular complexity index is 2960. The summed E-state index contributed by atoms with van der Waals surface area (Å²) < 4.78 is 15.7. The van der Waals surface area contributed by atoms with E-state index in [0.29, 0.717) is 16.7 Å². The van der Waals surface area contributed by atoms with Crippen LogP contribution in [0.25, 0.3) is 0 Å².